The van der Waals surface area contributed by atoms with Crippen LogP contribution in [0.5, 0.6) is 0 Å². The molecule has 0 radical (unpaired) electrons. The van der Waals surface area contributed by atoms with Gasteiger partial charge in [-0.2, -0.15) is 0 Å². The van der Waals surface area contributed by atoms with Gasteiger partial charge in [0.2, 0.25) is 0 Å². The fraction of sp³-hybridized carbons (Fsp3) is 0.538. The van der Waals surface area contributed by atoms with Gasteiger partial charge in [-0.25, -0.2) is 0 Å². The molecule has 0 saturated carbocycles. The molecule has 4 heteroatoms. The Hall–Kier alpha value is -1.00. The van der Waals surface area contributed by atoms with Gasteiger partial charge in [-0.3, -0.25) is 0 Å². The van der Waals surface area contributed by atoms with Crippen LogP contribution in [0.3, 0.4) is 0 Å². The zero-order valence-corrected chi connectivity index (χ0v) is 12.0. The number of ether oxygens (including phenoxy) is 1. The van der Waals surface area contributed by atoms with Crippen molar-refractivity contribution in [3.05, 3.63) is 24.3 Å². The van der Waals surface area contributed by atoms with Crippen molar-refractivity contribution in [2.24, 2.45) is 0 Å². The zero-order chi connectivity index (χ0) is 12.3. The molecule has 3 nitrogen and oxygen atoms in total. The van der Waals surface area contributed by atoms with Crippen molar-refractivity contribution < 1.29 is 4.74 Å². The van der Waals surface area contributed by atoms with Crippen molar-refractivity contribution in [3.63, 3.8) is 0 Å². The van der Waals surface area contributed by atoms with Gasteiger partial charge >= 0.3 is 0 Å². The van der Waals surface area contributed by atoms with Crippen LogP contribution in [0.15, 0.2) is 24.3 Å². The van der Waals surface area contributed by atoms with Crippen molar-refractivity contribution in [2.45, 2.75) is 25.7 Å². The summed E-state index contributed by atoms with van der Waals surface area (Å²) in [5, 5.41) is 3.36. The van der Waals surface area contributed by atoms with Gasteiger partial charge < -0.3 is 15.0 Å². The normalized spacial score (nSPS) is 14.6. The van der Waals surface area contributed by atoms with Crippen molar-refractivity contribution >= 4 is 19.4 Å². The third-order valence-electron chi connectivity index (χ3n) is 2.95. The zero-order valence-electron chi connectivity index (χ0n) is 11.0. The molecule has 0 spiro atoms. The predicted molar refractivity (Wildman–Crippen MR) is 76.4 cm³/mol. The fourth-order valence-corrected chi connectivity index (χ4v) is 2.59. The summed E-state index contributed by atoms with van der Waals surface area (Å²) in [6, 6.07) is 9.60. The first-order valence-electron chi connectivity index (χ1n) is 6.22. The van der Waals surface area contributed by atoms with E-state index in [9.17, 15) is 0 Å². The Morgan fingerprint density at radius 3 is 2.82 bits per heavy atom. The minimum absolute atomic E-state index is 0.689. The molecule has 1 aromatic carbocycles. The molecule has 17 heavy (non-hydrogen) atoms. The number of hydrogen-bond acceptors (Lipinski definition) is 3. The highest BCUT2D eigenvalue weighted by Gasteiger charge is 2.18. The van der Waals surface area contributed by atoms with Crippen molar-refractivity contribution in [1.29, 1.82) is 0 Å². The molecule has 0 fully saturated rings. The quantitative estimate of drug-likeness (QED) is 0.641. The van der Waals surface area contributed by atoms with E-state index in [1.165, 1.54) is 17.4 Å². The highest BCUT2D eigenvalue weighted by Crippen LogP contribution is 2.30. The lowest BCUT2D eigenvalue weighted by Gasteiger charge is -2.20. The van der Waals surface area contributed by atoms with Crippen LogP contribution >= 0.6 is 0 Å². The number of benzene rings is 1. The Bertz CT molecular complexity index is 376. The summed E-state index contributed by atoms with van der Waals surface area (Å²) < 4.78 is 5.77. The SMILES string of the molecule is C[Si](C)(C)CCOCN1CNc2ccccc21. The largest absolute Gasteiger partial charge is 0.366 e. The summed E-state index contributed by atoms with van der Waals surface area (Å²) in [5.41, 5.74) is 2.46. The number of para-hydroxylation sites is 2. The smallest absolute Gasteiger partial charge is 0.120 e. The van der Waals surface area contributed by atoms with Crippen LogP contribution in [-0.4, -0.2) is 28.1 Å². The molecule has 1 aliphatic heterocycles. The first-order chi connectivity index (χ1) is 8.06. The molecular weight excluding hydrogens is 228 g/mol. The summed E-state index contributed by atoms with van der Waals surface area (Å²) in [6.07, 6.45) is 0. The Morgan fingerprint density at radius 1 is 1.29 bits per heavy atom. The van der Waals surface area contributed by atoms with Gasteiger partial charge in [0.05, 0.1) is 18.0 Å². The van der Waals surface area contributed by atoms with E-state index in [-0.39, 0.29) is 0 Å². The molecular formula is C13H22N2OSi. The number of nitrogens with one attached hydrogen (secondary N) is 1. The molecule has 94 valence electrons. The molecule has 0 atom stereocenters. The van der Waals surface area contributed by atoms with Gasteiger partial charge in [0.25, 0.3) is 0 Å². The Balaban J connectivity index is 1.78. The van der Waals surface area contributed by atoms with E-state index in [0.717, 1.165) is 13.3 Å². The van der Waals surface area contributed by atoms with Crippen molar-refractivity contribution in [2.75, 3.05) is 30.2 Å². The molecule has 0 unspecified atom stereocenters. The standard InChI is InChI=1S/C13H22N2OSi/c1-17(2,3)9-8-16-11-15-10-14-12-6-4-5-7-13(12)15/h4-7,14H,8-11H2,1-3H3. The molecule has 0 aliphatic carbocycles. The van der Waals surface area contributed by atoms with Gasteiger partial charge in [0.15, 0.2) is 0 Å². The summed E-state index contributed by atoms with van der Waals surface area (Å²) >= 11 is 0. The molecule has 1 aromatic rings. The average molecular weight is 250 g/mol. The van der Waals surface area contributed by atoms with E-state index >= 15 is 0 Å². The van der Waals surface area contributed by atoms with Crippen LogP contribution in [0.4, 0.5) is 11.4 Å². The van der Waals surface area contributed by atoms with Gasteiger partial charge in [-0.05, 0) is 18.2 Å². The molecule has 0 amide bonds. The fourth-order valence-electron chi connectivity index (χ4n) is 1.83. The molecule has 0 aromatic heterocycles. The molecule has 0 bridgehead atoms. The summed E-state index contributed by atoms with van der Waals surface area (Å²) in [7, 11) is -0.965. The highest BCUT2D eigenvalue weighted by atomic mass is 28.3. The summed E-state index contributed by atoms with van der Waals surface area (Å²) in [4.78, 5) is 2.24. The molecule has 2 rings (SSSR count). The second-order valence-corrected chi connectivity index (χ2v) is 11.4. The van der Waals surface area contributed by atoms with Gasteiger partial charge in [-0.15, -0.1) is 0 Å². The lowest BCUT2D eigenvalue weighted by atomic mass is 10.3. The van der Waals surface area contributed by atoms with E-state index in [4.69, 9.17) is 4.74 Å². The maximum Gasteiger partial charge on any atom is 0.120 e. The third-order valence-corrected chi connectivity index (χ3v) is 4.65. The predicted octanol–water partition coefficient (Wildman–Crippen LogP) is 3.19. The van der Waals surface area contributed by atoms with Crippen LogP contribution in [0, 0.1) is 0 Å². The van der Waals surface area contributed by atoms with Crippen LogP contribution in [-0.2, 0) is 4.74 Å². The van der Waals surface area contributed by atoms with Gasteiger partial charge in [0, 0.05) is 14.7 Å². The van der Waals surface area contributed by atoms with Crippen LogP contribution in [0.1, 0.15) is 0 Å². The first kappa shape index (κ1) is 12.5. The first-order valence-corrected chi connectivity index (χ1v) is 9.92. The lowest BCUT2D eigenvalue weighted by molar-refractivity contribution is 0.148. The van der Waals surface area contributed by atoms with Gasteiger partial charge in [-0.1, -0.05) is 31.8 Å². The number of anilines is 2. The Morgan fingerprint density at radius 2 is 2.06 bits per heavy atom. The Kier molecular flexibility index (Phi) is 3.74. The number of hydrogen-bond donors (Lipinski definition) is 1. The van der Waals surface area contributed by atoms with Crippen molar-refractivity contribution in [3.8, 4) is 0 Å². The molecule has 0 saturated heterocycles. The van der Waals surface area contributed by atoms with E-state index in [0.29, 0.717) is 6.73 Å². The van der Waals surface area contributed by atoms with Crippen molar-refractivity contribution in [1.82, 2.24) is 0 Å². The Labute approximate surface area is 105 Å². The second kappa shape index (κ2) is 5.10. The number of fused-ring (bicyclic) bond motifs is 1. The lowest BCUT2D eigenvalue weighted by Crippen LogP contribution is -2.28. The molecule has 1 N–H and O–H groups in total. The summed E-state index contributed by atoms with van der Waals surface area (Å²) in [5.74, 6) is 0. The van der Waals surface area contributed by atoms with E-state index in [1.807, 2.05) is 0 Å². The van der Waals surface area contributed by atoms with E-state index < -0.39 is 8.07 Å². The highest BCUT2D eigenvalue weighted by molar-refractivity contribution is 6.76. The minimum atomic E-state index is -0.965. The maximum absolute atomic E-state index is 5.77. The van der Waals surface area contributed by atoms with Gasteiger partial charge in [0.1, 0.15) is 6.73 Å². The minimum Gasteiger partial charge on any atom is -0.366 e. The van der Waals surface area contributed by atoms with Crippen LogP contribution < -0.4 is 10.2 Å². The summed E-state index contributed by atoms with van der Waals surface area (Å²) in [6.45, 7) is 9.56. The number of nitrogens with zero attached hydrogens (tertiary/aromatic N) is 1. The van der Waals surface area contributed by atoms with E-state index in [2.05, 4.69) is 54.1 Å². The molecule has 1 aliphatic rings. The maximum atomic E-state index is 5.77. The van der Waals surface area contributed by atoms with Crippen LogP contribution in [0.25, 0.3) is 0 Å². The average Bonchev–Trinajstić information content (AvgIpc) is 2.67. The third kappa shape index (κ3) is 3.48. The van der Waals surface area contributed by atoms with Crippen LogP contribution in [0.2, 0.25) is 25.7 Å². The monoisotopic (exact) mass is 250 g/mol. The second-order valence-electron chi connectivity index (χ2n) is 5.74. The topological polar surface area (TPSA) is 24.5 Å². The van der Waals surface area contributed by atoms with E-state index in [1.54, 1.807) is 0 Å². The molecule has 1 heterocycles. The number of rotatable bonds is 5.